The van der Waals surface area contributed by atoms with Gasteiger partial charge in [0, 0.05) is 26.2 Å². The zero-order valence-corrected chi connectivity index (χ0v) is 18.5. The smallest absolute Gasteiger partial charge is 0.254 e. The lowest BCUT2D eigenvalue weighted by molar-refractivity contribution is 0.0711. The number of carbonyl (C=O) groups is 2. The van der Waals surface area contributed by atoms with Gasteiger partial charge in [0.2, 0.25) is 0 Å². The van der Waals surface area contributed by atoms with Gasteiger partial charge in [-0.2, -0.15) is 0 Å². The molecule has 0 aliphatic heterocycles. The summed E-state index contributed by atoms with van der Waals surface area (Å²) in [7, 11) is 0. The van der Waals surface area contributed by atoms with Crippen molar-refractivity contribution >= 4 is 11.8 Å². The van der Waals surface area contributed by atoms with E-state index < -0.39 is 0 Å². The summed E-state index contributed by atoms with van der Waals surface area (Å²) < 4.78 is 0. The summed E-state index contributed by atoms with van der Waals surface area (Å²) in [6.45, 7) is 11.6. The number of nitrogens with zero attached hydrogens (tertiary/aromatic N) is 2. The Morgan fingerprint density at radius 1 is 0.607 bits per heavy atom. The highest BCUT2D eigenvalue weighted by Crippen LogP contribution is 2.17. The maximum absolute atomic E-state index is 13.3. The van der Waals surface area contributed by atoms with Crippen LogP contribution < -0.4 is 0 Å². The molecule has 0 radical (unpaired) electrons. The normalized spacial score (nSPS) is 10.7. The van der Waals surface area contributed by atoms with Crippen molar-refractivity contribution in [3.8, 4) is 0 Å². The van der Waals surface area contributed by atoms with Crippen molar-refractivity contribution in [1.82, 2.24) is 9.80 Å². The average molecular weight is 389 g/mol. The van der Waals surface area contributed by atoms with E-state index in [1.165, 1.54) is 0 Å². The zero-order valence-electron chi connectivity index (χ0n) is 18.5. The van der Waals surface area contributed by atoms with Crippen molar-refractivity contribution in [1.29, 1.82) is 0 Å². The van der Waals surface area contributed by atoms with Gasteiger partial charge in [0.15, 0.2) is 0 Å². The molecule has 1 aromatic rings. The maximum atomic E-state index is 13.3. The lowest BCUT2D eigenvalue weighted by atomic mass is 10.0. The Morgan fingerprint density at radius 2 is 0.893 bits per heavy atom. The molecule has 1 rings (SSSR count). The van der Waals surface area contributed by atoms with Crippen molar-refractivity contribution in [3.05, 3.63) is 35.4 Å². The molecule has 4 heteroatoms. The summed E-state index contributed by atoms with van der Waals surface area (Å²) in [4.78, 5) is 30.4. The van der Waals surface area contributed by atoms with Crippen LogP contribution in [0.1, 0.15) is 99.8 Å². The predicted octanol–water partition coefficient (Wildman–Crippen LogP) is 5.77. The third-order valence-electron chi connectivity index (χ3n) is 5.09. The molecule has 0 fully saturated rings. The summed E-state index contributed by atoms with van der Waals surface area (Å²) >= 11 is 0. The number of unbranched alkanes of at least 4 members (excludes halogenated alkanes) is 4. The van der Waals surface area contributed by atoms with Crippen molar-refractivity contribution in [2.24, 2.45) is 0 Å². The first-order valence-electron chi connectivity index (χ1n) is 11.3. The van der Waals surface area contributed by atoms with Crippen LogP contribution in [0.4, 0.5) is 0 Å². The maximum Gasteiger partial charge on any atom is 0.254 e. The molecule has 0 saturated heterocycles. The number of hydrogen-bond donors (Lipinski definition) is 0. The minimum atomic E-state index is -0.00298. The Morgan fingerprint density at radius 3 is 1.14 bits per heavy atom. The molecule has 0 aliphatic rings. The van der Waals surface area contributed by atoms with Gasteiger partial charge >= 0.3 is 0 Å². The molecule has 0 aliphatic carbocycles. The van der Waals surface area contributed by atoms with Gasteiger partial charge in [-0.3, -0.25) is 9.59 Å². The van der Waals surface area contributed by atoms with Gasteiger partial charge in [0.05, 0.1) is 11.1 Å². The predicted molar refractivity (Wildman–Crippen MR) is 118 cm³/mol. The molecule has 1 aromatic carbocycles. The number of rotatable bonds is 14. The fourth-order valence-electron chi connectivity index (χ4n) is 3.22. The van der Waals surface area contributed by atoms with Gasteiger partial charge in [-0.05, 0) is 37.8 Å². The Labute approximate surface area is 172 Å². The molecule has 0 saturated carbocycles. The summed E-state index contributed by atoms with van der Waals surface area (Å²) in [5.74, 6) is -0.00596. The minimum absolute atomic E-state index is 0.00298. The highest BCUT2D eigenvalue weighted by atomic mass is 16.2. The largest absolute Gasteiger partial charge is 0.339 e. The molecule has 0 N–H and O–H groups in total. The Bertz CT molecular complexity index is 519. The van der Waals surface area contributed by atoms with Crippen LogP contribution in [0.15, 0.2) is 24.3 Å². The van der Waals surface area contributed by atoms with Crippen LogP contribution in [0.25, 0.3) is 0 Å². The van der Waals surface area contributed by atoms with E-state index in [0.29, 0.717) is 11.1 Å². The highest BCUT2D eigenvalue weighted by molar-refractivity contribution is 6.07. The van der Waals surface area contributed by atoms with Crippen molar-refractivity contribution in [2.45, 2.75) is 79.1 Å². The first-order valence-corrected chi connectivity index (χ1v) is 11.3. The third kappa shape index (κ3) is 7.65. The quantitative estimate of drug-likeness (QED) is 0.406. The summed E-state index contributed by atoms with van der Waals surface area (Å²) in [6.07, 6.45) is 8.18. The number of benzene rings is 1. The highest BCUT2D eigenvalue weighted by Gasteiger charge is 2.24. The summed E-state index contributed by atoms with van der Waals surface area (Å²) in [6, 6.07) is 7.37. The number of carbonyl (C=O) groups excluding carboxylic acids is 2. The standard InChI is InChI=1S/C24H40N2O2/c1-5-9-17-25(18-10-6-2)23(27)21-15-13-14-16-22(21)24(28)26(19-11-7-3)20-12-8-4/h13-16H,5-12,17-20H2,1-4H3. The Balaban J connectivity index is 3.10. The molecule has 2 amide bonds. The van der Waals surface area contributed by atoms with E-state index in [1.54, 1.807) is 0 Å². The van der Waals surface area contributed by atoms with Crippen LogP contribution >= 0.6 is 0 Å². The Hall–Kier alpha value is -1.84. The number of amides is 2. The van der Waals surface area contributed by atoms with Gasteiger partial charge in [0.25, 0.3) is 11.8 Å². The molecule has 0 unspecified atom stereocenters. The van der Waals surface area contributed by atoms with Gasteiger partial charge in [0.1, 0.15) is 0 Å². The fourth-order valence-corrected chi connectivity index (χ4v) is 3.22. The van der Waals surface area contributed by atoms with Crippen LogP contribution in [0.2, 0.25) is 0 Å². The lowest BCUT2D eigenvalue weighted by Crippen LogP contribution is -2.37. The third-order valence-corrected chi connectivity index (χ3v) is 5.09. The number of hydrogen-bond acceptors (Lipinski definition) is 2. The van der Waals surface area contributed by atoms with Gasteiger partial charge in [-0.15, -0.1) is 0 Å². The molecule has 0 spiro atoms. The first-order chi connectivity index (χ1) is 13.6. The molecule has 4 nitrogen and oxygen atoms in total. The van der Waals surface area contributed by atoms with Crippen LogP contribution in [0.5, 0.6) is 0 Å². The van der Waals surface area contributed by atoms with Gasteiger partial charge < -0.3 is 9.80 Å². The van der Waals surface area contributed by atoms with E-state index >= 15 is 0 Å². The van der Waals surface area contributed by atoms with E-state index in [9.17, 15) is 9.59 Å². The van der Waals surface area contributed by atoms with Crippen LogP contribution in [0, 0.1) is 0 Å². The monoisotopic (exact) mass is 388 g/mol. The minimum Gasteiger partial charge on any atom is -0.339 e. The Kier molecular flexibility index (Phi) is 12.3. The summed E-state index contributed by atoms with van der Waals surface area (Å²) in [5.41, 5.74) is 1.11. The average Bonchev–Trinajstić information content (AvgIpc) is 2.73. The molecule has 0 atom stereocenters. The van der Waals surface area contributed by atoms with E-state index in [1.807, 2.05) is 34.1 Å². The first kappa shape index (κ1) is 24.2. The molecule has 0 aromatic heterocycles. The van der Waals surface area contributed by atoms with Gasteiger partial charge in [-0.25, -0.2) is 0 Å². The van der Waals surface area contributed by atoms with Crippen LogP contribution in [-0.2, 0) is 0 Å². The molecular formula is C24H40N2O2. The second-order valence-electron chi connectivity index (χ2n) is 7.54. The zero-order chi connectivity index (χ0) is 20.8. The topological polar surface area (TPSA) is 40.6 Å². The van der Waals surface area contributed by atoms with E-state index in [4.69, 9.17) is 0 Å². The SMILES string of the molecule is CCCCN(CCCC)C(=O)c1ccccc1C(=O)N(CCCC)CCCC. The van der Waals surface area contributed by atoms with Crippen molar-refractivity contribution in [2.75, 3.05) is 26.2 Å². The molecule has 0 heterocycles. The van der Waals surface area contributed by atoms with E-state index in [2.05, 4.69) is 27.7 Å². The van der Waals surface area contributed by atoms with E-state index in [0.717, 1.165) is 77.5 Å². The molecule has 158 valence electrons. The van der Waals surface area contributed by atoms with Crippen LogP contribution in [-0.4, -0.2) is 47.8 Å². The van der Waals surface area contributed by atoms with Crippen LogP contribution in [0.3, 0.4) is 0 Å². The molecule has 28 heavy (non-hydrogen) atoms. The second kappa shape index (κ2) is 14.2. The van der Waals surface area contributed by atoms with Crippen molar-refractivity contribution in [3.63, 3.8) is 0 Å². The lowest BCUT2D eigenvalue weighted by Gasteiger charge is -2.26. The second-order valence-corrected chi connectivity index (χ2v) is 7.54. The summed E-state index contributed by atoms with van der Waals surface area (Å²) in [5, 5.41) is 0. The van der Waals surface area contributed by atoms with Crippen molar-refractivity contribution < 1.29 is 9.59 Å². The van der Waals surface area contributed by atoms with E-state index in [-0.39, 0.29) is 11.8 Å². The van der Waals surface area contributed by atoms with Gasteiger partial charge in [-0.1, -0.05) is 65.5 Å². The molecular weight excluding hydrogens is 348 g/mol. The fraction of sp³-hybridized carbons (Fsp3) is 0.667. The molecule has 0 bridgehead atoms.